The Morgan fingerprint density at radius 1 is 1.12 bits per heavy atom. The molecule has 1 fully saturated rings. The van der Waals surface area contributed by atoms with Crippen molar-refractivity contribution in [2.24, 2.45) is 0 Å². The first-order chi connectivity index (χ1) is 19.8. The number of nitrogens with one attached hydrogen (secondary N) is 1. The van der Waals surface area contributed by atoms with E-state index in [0.717, 1.165) is 43.4 Å². The van der Waals surface area contributed by atoms with Crippen LogP contribution in [0.2, 0.25) is 0 Å². The Kier molecular flexibility index (Phi) is 13.9. The first-order valence-corrected chi connectivity index (χ1v) is 14.8. The number of carboxylic acid groups (broad SMARTS) is 1. The molecule has 0 saturated carbocycles. The second-order valence-corrected chi connectivity index (χ2v) is 11.0. The van der Waals surface area contributed by atoms with Crippen molar-refractivity contribution in [2.75, 3.05) is 57.4 Å². The minimum atomic E-state index is -5.08. The molecule has 1 unspecified atom stereocenters. The number of hydrogen-bond donors (Lipinski definition) is 3. The molecule has 0 aromatic heterocycles. The fraction of sp³-hybridized carbons (Fsp3) is 0.519. The molecule has 236 valence electrons. The zero-order valence-corrected chi connectivity index (χ0v) is 24.3. The topological polar surface area (TPSA) is 129 Å². The number of halogens is 4. The highest BCUT2D eigenvalue weighted by Crippen LogP contribution is 2.27. The summed E-state index contributed by atoms with van der Waals surface area (Å²) >= 11 is 0. The molecule has 1 saturated heterocycles. The highest BCUT2D eigenvalue weighted by molar-refractivity contribution is 7.89. The van der Waals surface area contributed by atoms with Gasteiger partial charge in [-0.25, -0.2) is 22.3 Å². The standard InChI is InChI=1S/C25H36FN3O5S.C2HF3O2/c1-3-28(4-2)13-15-33-21-7-5-20(6-8-21)18-27-35(31,32)23-9-10-25(24(26)17-23)29-12-11-22(19-29)34-16-14-30;3-2(4,5)1(6)7/h5-10,17,22,27,30H,3-4,11-16,18-19H2,1-2H3;(H,6,7). The lowest BCUT2D eigenvalue weighted by atomic mass is 10.2. The highest BCUT2D eigenvalue weighted by Gasteiger charge is 2.38. The Hall–Kier alpha value is -2.98. The molecule has 3 rings (SSSR count). The molecule has 42 heavy (non-hydrogen) atoms. The monoisotopic (exact) mass is 623 g/mol. The summed E-state index contributed by atoms with van der Waals surface area (Å²) in [5.74, 6) is -2.62. The third kappa shape index (κ3) is 11.4. The quantitative estimate of drug-likeness (QED) is 0.272. The Labute approximate surface area is 242 Å². The van der Waals surface area contributed by atoms with Crippen LogP contribution in [0.4, 0.5) is 23.2 Å². The van der Waals surface area contributed by atoms with Crippen LogP contribution in [0.1, 0.15) is 25.8 Å². The van der Waals surface area contributed by atoms with Gasteiger partial charge in [0.1, 0.15) is 18.2 Å². The molecule has 2 aromatic rings. The van der Waals surface area contributed by atoms with Crippen molar-refractivity contribution >= 4 is 21.7 Å². The van der Waals surface area contributed by atoms with Gasteiger partial charge in [-0.05, 0) is 55.4 Å². The lowest BCUT2D eigenvalue weighted by molar-refractivity contribution is -0.192. The molecular formula is C27H37F4N3O7S. The van der Waals surface area contributed by atoms with Crippen molar-refractivity contribution in [3.05, 3.63) is 53.8 Å². The molecule has 0 spiro atoms. The summed E-state index contributed by atoms with van der Waals surface area (Å²) in [4.78, 5) is 12.9. The second kappa shape index (κ2) is 16.6. The number of likely N-dealkylation sites (N-methyl/N-ethyl adjacent to an activating group) is 1. The molecule has 15 heteroatoms. The molecule has 0 aliphatic carbocycles. The van der Waals surface area contributed by atoms with Gasteiger partial charge in [-0.1, -0.05) is 26.0 Å². The summed E-state index contributed by atoms with van der Waals surface area (Å²) in [5.41, 5.74) is 1.11. The van der Waals surface area contributed by atoms with Crippen LogP contribution in [0.5, 0.6) is 5.75 Å². The zero-order valence-electron chi connectivity index (χ0n) is 23.4. The number of aliphatic carboxylic acids is 1. The van der Waals surface area contributed by atoms with Crippen molar-refractivity contribution in [1.82, 2.24) is 9.62 Å². The molecule has 1 heterocycles. The molecule has 1 aliphatic heterocycles. The number of hydrogen-bond acceptors (Lipinski definition) is 8. The third-order valence-corrected chi connectivity index (χ3v) is 7.76. The largest absolute Gasteiger partial charge is 0.492 e. The first-order valence-electron chi connectivity index (χ1n) is 13.3. The number of aliphatic hydroxyl groups is 1. The number of ether oxygens (including phenoxy) is 2. The molecule has 0 radical (unpaired) electrons. The van der Waals surface area contributed by atoms with Crippen molar-refractivity contribution in [3.63, 3.8) is 0 Å². The molecule has 1 aliphatic rings. The van der Waals surface area contributed by atoms with Gasteiger partial charge in [-0.2, -0.15) is 13.2 Å². The number of alkyl halides is 3. The molecule has 2 aromatic carbocycles. The zero-order chi connectivity index (χ0) is 31.3. The van der Waals surface area contributed by atoms with Gasteiger partial charge in [-0.3, -0.25) is 0 Å². The number of rotatable bonds is 14. The van der Waals surface area contributed by atoms with Crippen molar-refractivity contribution < 1.29 is 50.5 Å². The van der Waals surface area contributed by atoms with E-state index in [0.29, 0.717) is 25.4 Å². The number of carboxylic acids is 1. The summed E-state index contributed by atoms with van der Waals surface area (Å²) < 4.78 is 85.8. The lowest BCUT2D eigenvalue weighted by Gasteiger charge is -2.20. The van der Waals surface area contributed by atoms with E-state index in [4.69, 9.17) is 24.5 Å². The van der Waals surface area contributed by atoms with Crippen molar-refractivity contribution in [1.29, 1.82) is 0 Å². The van der Waals surface area contributed by atoms with Gasteiger partial charge in [0.15, 0.2) is 0 Å². The van der Waals surface area contributed by atoms with Gasteiger partial charge in [0.25, 0.3) is 0 Å². The van der Waals surface area contributed by atoms with Gasteiger partial charge in [0.05, 0.1) is 29.9 Å². The Morgan fingerprint density at radius 3 is 2.31 bits per heavy atom. The number of carbonyl (C=O) groups is 1. The van der Waals surface area contributed by atoms with E-state index < -0.39 is 28.0 Å². The average molecular weight is 624 g/mol. The maximum absolute atomic E-state index is 14.8. The van der Waals surface area contributed by atoms with Gasteiger partial charge in [0.2, 0.25) is 10.0 Å². The minimum Gasteiger partial charge on any atom is -0.492 e. The van der Waals surface area contributed by atoms with Gasteiger partial charge >= 0.3 is 12.1 Å². The second-order valence-electron chi connectivity index (χ2n) is 9.21. The number of anilines is 1. The molecule has 10 nitrogen and oxygen atoms in total. The summed E-state index contributed by atoms with van der Waals surface area (Å²) in [7, 11) is -3.88. The highest BCUT2D eigenvalue weighted by atomic mass is 32.2. The van der Waals surface area contributed by atoms with Crippen molar-refractivity contribution in [3.8, 4) is 5.75 Å². The molecule has 0 bridgehead atoms. The van der Waals surface area contributed by atoms with E-state index in [9.17, 15) is 26.0 Å². The molecule has 0 amide bonds. The van der Waals surface area contributed by atoms with Gasteiger partial charge in [0, 0.05) is 26.2 Å². The summed E-state index contributed by atoms with van der Waals surface area (Å²) in [6.45, 7) is 8.99. The Morgan fingerprint density at radius 2 is 1.76 bits per heavy atom. The summed E-state index contributed by atoms with van der Waals surface area (Å²) in [6.07, 6.45) is -4.44. The van der Waals surface area contributed by atoms with Crippen LogP contribution in [0.3, 0.4) is 0 Å². The van der Waals surface area contributed by atoms with E-state index in [1.165, 1.54) is 12.1 Å². The smallest absolute Gasteiger partial charge is 0.490 e. The van der Waals surface area contributed by atoms with Crippen LogP contribution in [-0.2, 0) is 26.1 Å². The van der Waals surface area contributed by atoms with Crippen LogP contribution in [-0.4, -0.2) is 94.3 Å². The third-order valence-electron chi connectivity index (χ3n) is 6.36. The Bertz CT molecular complexity index is 1230. The lowest BCUT2D eigenvalue weighted by Crippen LogP contribution is -2.27. The number of nitrogens with zero attached hydrogens (tertiary/aromatic N) is 2. The number of sulfonamides is 1. The number of benzene rings is 2. The average Bonchev–Trinajstić information content (AvgIpc) is 3.42. The Balaban J connectivity index is 0.000000782. The van der Waals surface area contributed by atoms with Crippen LogP contribution < -0.4 is 14.4 Å². The fourth-order valence-electron chi connectivity index (χ4n) is 4.01. The van der Waals surface area contributed by atoms with E-state index >= 15 is 0 Å². The molecular weight excluding hydrogens is 586 g/mol. The van der Waals surface area contributed by atoms with E-state index in [1.807, 2.05) is 29.2 Å². The molecule has 3 N–H and O–H groups in total. The van der Waals surface area contributed by atoms with Crippen LogP contribution in [0, 0.1) is 5.82 Å². The summed E-state index contributed by atoms with van der Waals surface area (Å²) in [6, 6.07) is 11.2. The predicted octanol–water partition coefficient (Wildman–Crippen LogP) is 3.25. The normalized spacial score (nSPS) is 15.4. The maximum atomic E-state index is 14.8. The van der Waals surface area contributed by atoms with Gasteiger partial charge in [-0.15, -0.1) is 0 Å². The number of aliphatic hydroxyl groups excluding tert-OH is 1. The van der Waals surface area contributed by atoms with Crippen LogP contribution in [0.25, 0.3) is 0 Å². The van der Waals surface area contributed by atoms with E-state index in [1.54, 1.807) is 0 Å². The minimum absolute atomic E-state index is 0.0563. The first kappa shape index (κ1) is 35.2. The predicted molar refractivity (Wildman–Crippen MR) is 147 cm³/mol. The van der Waals surface area contributed by atoms with Crippen LogP contribution in [0.15, 0.2) is 47.4 Å². The van der Waals surface area contributed by atoms with Gasteiger partial charge < -0.3 is 29.5 Å². The molecule has 1 atom stereocenters. The SMILES string of the molecule is CCN(CC)CCOc1ccc(CNS(=O)(=O)c2ccc(N3CCC(OCCO)C3)c(F)c2)cc1.O=C(O)C(F)(F)F. The van der Waals surface area contributed by atoms with Crippen molar-refractivity contribution in [2.45, 2.75) is 44.0 Å². The fourth-order valence-corrected chi connectivity index (χ4v) is 5.04. The maximum Gasteiger partial charge on any atom is 0.490 e. The van der Waals surface area contributed by atoms with Crippen LogP contribution >= 0.6 is 0 Å². The van der Waals surface area contributed by atoms with E-state index in [2.05, 4.69) is 23.5 Å². The van der Waals surface area contributed by atoms with E-state index in [-0.39, 0.29) is 30.8 Å². The summed E-state index contributed by atoms with van der Waals surface area (Å²) in [5, 5.41) is 16.0.